The van der Waals surface area contributed by atoms with E-state index in [1.807, 2.05) is 5.38 Å². The molecule has 1 rings (SSSR count). The summed E-state index contributed by atoms with van der Waals surface area (Å²) in [5.74, 6) is -2.39. The summed E-state index contributed by atoms with van der Waals surface area (Å²) in [4.78, 5) is 42.4. The number of thiophene rings is 1. The van der Waals surface area contributed by atoms with Gasteiger partial charge in [-0.1, -0.05) is 21.6 Å². The van der Waals surface area contributed by atoms with E-state index in [0.717, 1.165) is 5.75 Å². The fraction of sp³-hybridized carbons (Fsp3) is 0.500. The molecule has 0 aliphatic heterocycles. The van der Waals surface area contributed by atoms with Crippen molar-refractivity contribution < 1.29 is 42.6 Å². The van der Waals surface area contributed by atoms with Crippen molar-refractivity contribution >= 4 is 56.7 Å². The van der Waals surface area contributed by atoms with Gasteiger partial charge in [0.2, 0.25) is 5.91 Å². The predicted molar refractivity (Wildman–Crippen MR) is 110 cm³/mol. The van der Waals surface area contributed by atoms with Crippen molar-refractivity contribution in [2.45, 2.75) is 25.4 Å². The van der Waals surface area contributed by atoms with E-state index < -0.39 is 18.1 Å². The molecular formula is C16H21F3N2O6S3. The first-order valence-corrected chi connectivity index (χ1v) is 11.8. The fourth-order valence-electron chi connectivity index (χ4n) is 1.51. The van der Waals surface area contributed by atoms with E-state index in [1.165, 1.54) is 22.1 Å². The molecule has 8 nitrogen and oxygen atoms in total. The summed E-state index contributed by atoms with van der Waals surface area (Å²) >= 11 is 1.47. The molecule has 30 heavy (non-hydrogen) atoms. The summed E-state index contributed by atoms with van der Waals surface area (Å²) in [6, 6.07) is 1.76. The maximum atomic E-state index is 11.6. The molecule has 0 radical (unpaired) electrons. The highest BCUT2D eigenvalue weighted by molar-refractivity contribution is 8.76. The molecule has 0 fully saturated rings. The van der Waals surface area contributed by atoms with Gasteiger partial charge in [-0.2, -0.15) is 24.5 Å². The minimum atomic E-state index is -5.08. The van der Waals surface area contributed by atoms with Gasteiger partial charge in [-0.3, -0.25) is 14.4 Å². The van der Waals surface area contributed by atoms with Gasteiger partial charge in [0.05, 0.1) is 6.42 Å². The molecule has 1 heterocycles. The van der Waals surface area contributed by atoms with Crippen LogP contribution in [0.2, 0.25) is 0 Å². The number of halogens is 3. The molecule has 170 valence electrons. The third kappa shape index (κ3) is 15.9. The largest absolute Gasteiger partial charge is 0.490 e. The Morgan fingerprint density at radius 2 is 1.63 bits per heavy atom. The number of alkyl halides is 3. The Kier molecular flexibility index (Phi) is 14.8. The standard InChI is InChI=1S/C14H20N2O4S3.C2HF3O2/c17-12(15-6-9-23-22-8-4-13(18)19)2-1-5-16-14(20)11-3-7-21-10-11;3-2(4,5)1(6)7/h3,7,10H,1-2,4-6,8-9H2,(H,15,17)(H,16,20)(H,18,19);(H,6,7). The Morgan fingerprint density at radius 1 is 1.00 bits per heavy atom. The van der Waals surface area contributed by atoms with Gasteiger partial charge in [0.1, 0.15) is 0 Å². The minimum absolute atomic E-state index is 0.0362. The summed E-state index contributed by atoms with van der Waals surface area (Å²) in [7, 11) is 3.05. The number of rotatable bonds is 12. The molecule has 0 unspecified atom stereocenters. The van der Waals surface area contributed by atoms with Crippen molar-refractivity contribution in [3.05, 3.63) is 22.4 Å². The number of carbonyl (C=O) groups excluding carboxylic acids is 2. The zero-order valence-corrected chi connectivity index (χ0v) is 18.0. The summed E-state index contributed by atoms with van der Waals surface area (Å²) in [5.41, 5.74) is 0.650. The Bertz CT molecular complexity index is 672. The van der Waals surface area contributed by atoms with Crippen molar-refractivity contribution in [2.24, 2.45) is 0 Å². The van der Waals surface area contributed by atoms with E-state index in [9.17, 15) is 27.6 Å². The van der Waals surface area contributed by atoms with Crippen molar-refractivity contribution in [1.82, 2.24) is 10.6 Å². The summed E-state index contributed by atoms with van der Waals surface area (Å²) < 4.78 is 31.7. The smallest absolute Gasteiger partial charge is 0.481 e. The average molecular weight is 491 g/mol. The first-order chi connectivity index (χ1) is 14.0. The van der Waals surface area contributed by atoms with Crippen LogP contribution in [0, 0.1) is 0 Å². The molecule has 2 amide bonds. The second-order valence-corrected chi connectivity index (χ2v) is 8.79. The van der Waals surface area contributed by atoms with Gasteiger partial charge in [-0.25, -0.2) is 4.79 Å². The Balaban J connectivity index is 0.00000103. The van der Waals surface area contributed by atoms with Crippen LogP contribution >= 0.6 is 32.9 Å². The van der Waals surface area contributed by atoms with Crippen LogP contribution in [0.5, 0.6) is 0 Å². The molecule has 1 aromatic rings. The number of aliphatic carboxylic acids is 2. The van der Waals surface area contributed by atoms with Crippen LogP contribution in [-0.2, 0) is 14.4 Å². The van der Waals surface area contributed by atoms with Crippen molar-refractivity contribution in [3.8, 4) is 0 Å². The molecule has 0 aromatic carbocycles. The summed E-state index contributed by atoms with van der Waals surface area (Å²) in [6.07, 6.45) is -3.95. The number of hydrogen-bond donors (Lipinski definition) is 4. The SMILES string of the molecule is O=C(O)C(F)(F)F.O=C(O)CCSSCCNC(=O)CCCNC(=O)c1ccsc1. The molecule has 0 saturated heterocycles. The number of carbonyl (C=O) groups is 4. The Hall–Kier alpha value is -1.93. The van der Waals surface area contributed by atoms with Gasteiger partial charge in [-0.15, -0.1) is 0 Å². The van der Waals surface area contributed by atoms with Crippen LogP contribution < -0.4 is 10.6 Å². The highest BCUT2D eigenvalue weighted by Gasteiger charge is 2.38. The highest BCUT2D eigenvalue weighted by Crippen LogP contribution is 2.20. The first kappa shape index (κ1) is 28.1. The highest BCUT2D eigenvalue weighted by atomic mass is 33.1. The van der Waals surface area contributed by atoms with Crippen molar-refractivity contribution in [1.29, 1.82) is 0 Å². The van der Waals surface area contributed by atoms with Gasteiger partial charge in [0.25, 0.3) is 5.91 Å². The molecule has 0 bridgehead atoms. The second kappa shape index (κ2) is 15.8. The molecule has 14 heteroatoms. The number of nitrogens with one attached hydrogen (secondary N) is 2. The Labute approximate surface area is 182 Å². The molecule has 0 aliphatic rings. The first-order valence-electron chi connectivity index (χ1n) is 8.37. The van der Waals surface area contributed by atoms with Gasteiger partial charge in [0.15, 0.2) is 0 Å². The minimum Gasteiger partial charge on any atom is -0.481 e. The van der Waals surface area contributed by atoms with E-state index in [0.29, 0.717) is 37.2 Å². The van der Waals surface area contributed by atoms with E-state index in [-0.39, 0.29) is 18.2 Å². The molecule has 1 aromatic heterocycles. The average Bonchev–Trinajstić information content (AvgIpc) is 3.18. The third-order valence-electron chi connectivity index (χ3n) is 2.88. The van der Waals surface area contributed by atoms with Crippen LogP contribution in [0.15, 0.2) is 16.8 Å². The predicted octanol–water partition coefficient (Wildman–Crippen LogP) is 2.86. The quantitative estimate of drug-likeness (QED) is 0.260. The van der Waals surface area contributed by atoms with E-state index in [2.05, 4.69) is 10.6 Å². The van der Waals surface area contributed by atoms with Gasteiger partial charge in [-0.05, 0) is 17.9 Å². The van der Waals surface area contributed by atoms with Gasteiger partial charge in [0, 0.05) is 42.0 Å². The van der Waals surface area contributed by atoms with Gasteiger partial charge >= 0.3 is 18.1 Å². The molecule has 0 saturated carbocycles. The fourth-order valence-corrected chi connectivity index (χ4v) is 4.04. The van der Waals surface area contributed by atoms with Crippen LogP contribution in [0.4, 0.5) is 13.2 Å². The van der Waals surface area contributed by atoms with Crippen LogP contribution in [0.25, 0.3) is 0 Å². The molecule has 0 spiro atoms. The monoisotopic (exact) mass is 490 g/mol. The molecule has 0 atom stereocenters. The van der Waals surface area contributed by atoms with Gasteiger partial charge < -0.3 is 20.8 Å². The zero-order valence-electron chi connectivity index (χ0n) is 15.6. The van der Waals surface area contributed by atoms with Crippen LogP contribution in [0.3, 0.4) is 0 Å². The van der Waals surface area contributed by atoms with Crippen LogP contribution in [-0.4, -0.2) is 64.7 Å². The molecule has 0 aliphatic carbocycles. The van der Waals surface area contributed by atoms with E-state index in [4.69, 9.17) is 15.0 Å². The maximum Gasteiger partial charge on any atom is 0.490 e. The lowest BCUT2D eigenvalue weighted by molar-refractivity contribution is -0.192. The molecule has 4 N–H and O–H groups in total. The lowest BCUT2D eigenvalue weighted by atomic mass is 10.2. The Morgan fingerprint density at radius 3 is 2.17 bits per heavy atom. The second-order valence-electron chi connectivity index (χ2n) is 5.31. The molecular weight excluding hydrogens is 469 g/mol. The third-order valence-corrected chi connectivity index (χ3v) is 5.97. The van der Waals surface area contributed by atoms with Crippen molar-refractivity contribution in [3.63, 3.8) is 0 Å². The maximum absolute atomic E-state index is 11.6. The van der Waals surface area contributed by atoms with E-state index in [1.54, 1.807) is 22.2 Å². The number of carboxylic acids is 2. The zero-order chi connectivity index (χ0) is 23.0. The van der Waals surface area contributed by atoms with Crippen molar-refractivity contribution in [2.75, 3.05) is 24.6 Å². The summed E-state index contributed by atoms with van der Waals surface area (Å²) in [5, 5.41) is 24.8. The lowest BCUT2D eigenvalue weighted by Gasteiger charge is -2.06. The number of amides is 2. The summed E-state index contributed by atoms with van der Waals surface area (Å²) in [6.45, 7) is 1.03. The topological polar surface area (TPSA) is 133 Å². The normalized spacial score (nSPS) is 10.5. The van der Waals surface area contributed by atoms with Crippen LogP contribution in [0.1, 0.15) is 29.6 Å². The number of carboxylic acid groups (broad SMARTS) is 2. The van der Waals surface area contributed by atoms with E-state index >= 15 is 0 Å². The lowest BCUT2D eigenvalue weighted by Crippen LogP contribution is -2.28. The number of hydrogen-bond acceptors (Lipinski definition) is 7.